The first-order chi connectivity index (χ1) is 14.9. The molecule has 1 N–H and O–H groups in total. The van der Waals surface area contributed by atoms with Crippen molar-refractivity contribution in [3.63, 3.8) is 0 Å². The molecule has 1 saturated heterocycles. The maximum atomic E-state index is 14.7. The average Bonchev–Trinajstić information content (AvgIpc) is 2.94. The minimum atomic E-state index is -4.02. The van der Waals surface area contributed by atoms with Crippen molar-refractivity contribution in [1.82, 2.24) is 9.88 Å². The summed E-state index contributed by atoms with van der Waals surface area (Å²) in [6.45, 7) is 2.33. The van der Waals surface area contributed by atoms with Gasteiger partial charge in [-0.3, -0.25) is 4.72 Å². The van der Waals surface area contributed by atoms with Gasteiger partial charge in [-0.1, -0.05) is 6.07 Å². The van der Waals surface area contributed by atoms with E-state index in [0.717, 1.165) is 62.5 Å². The molecule has 7 nitrogen and oxygen atoms in total. The lowest BCUT2D eigenvalue weighted by Gasteiger charge is -2.23. The zero-order valence-corrected chi connectivity index (χ0v) is 18.7. The van der Waals surface area contributed by atoms with E-state index in [1.807, 2.05) is 7.05 Å². The number of fused-ring (bicyclic) bond motifs is 1. The monoisotopic (exact) mass is 449 g/mol. The number of ether oxygens (including phenoxy) is 2. The number of methoxy groups -OCH3 is 1. The van der Waals surface area contributed by atoms with E-state index >= 15 is 0 Å². The summed E-state index contributed by atoms with van der Waals surface area (Å²) in [7, 11) is -0.526. The molecule has 2 aromatic rings. The van der Waals surface area contributed by atoms with E-state index in [0.29, 0.717) is 12.2 Å². The van der Waals surface area contributed by atoms with Gasteiger partial charge in [-0.2, -0.15) is 0 Å². The molecule has 0 amide bonds. The molecule has 0 aliphatic carbocycles. The second kappa shape index (κ2) is 9.10. The number of likely N-dealkylation sites (N-methyl/N-ethyl adjacent to an activating group) is 1. The van der Waals surface area contributed by atoms with E-state index in [-0.39, 0.29) is 22.6 Å². The third-order valence-electron chi connectivity index (χ3n) is 5.90. The van der Waals surface area contributed by atoms with Crippen LogP contribution in [0.3, 0.4) is 0 Å². The summed E-state index contributed by atoms with van der Waals surface area (Å²) < 4.78 is 54.2. The third-order valence-corrected chi connectivity index (χ3v) is 7.26. The zero-order chi connectivity index (χ0) is 22.0. The molecule has 9 heteroatoms. The Balaban J connectivity index is 1.61. The molecule has 31 heavy (non-hydrogen) atoms. The summed E-state index contributed by atoms with van der Waals surface area (Å²) in [4.78, 5) is 6.59. The molecule has 1 aromatic carbocycles. The number of nitrogens with one attached hydrogen (secondary N) is 1. The molecule has 1 fully saturated rings. The first-order valence-electron chi connectivity index (χ1n) is 10.6. The molecule has 3 heterocycles. The van der Waals surface area contributed by atoms with Crippen molar-refractivity contribution < 1.29 is 22.3 Å². The topological polar surface area (TPSA) is 80.8 Å². The molecule has 1 atom stereocenters. The maximum Gasteiger partial charge on any atom is 0.262 e. The molecule has 0 unspecified atom stereocenters. The third kappa shape index (κ3) is 4.83. The number of pyridine rings is 1. The molecule has 1 aromatic heterocycles. The van der Waals surface area contributed by atoms with Crippen LogP contribution in [0.15, 0.2) is 29.2 Å². The summed E-state index contributed by atoms with van der Waals surface area (Å²) >= 11 is 0. The van der Waals surface area contributed by atoms with E-state index in [1.54, 1.807) is 6.07 Å². The lowest BCUT2D eigenvalue weighted by atomic mass is 10.0. The molecule has 0 radical (unpaired) electrons. The van der Waals surface area contributed by atoms with Crippen LogP contribution in [0, 0.1) is 5.82 Å². The summed E-state index contributed by atoms with van der Waals surface area (Å²) in [5.74, 6) is -0.371. The smallest absolute Gasteiger partial charge is 0.262 e. The number of benzene rings is 1. The molecule has 0 spiro atoms. The number of rotatable bonds is 5. The molecule has 2 aliphatic heterocycles. The Labute approximate surface area is 182 Å². The summed E-state index contributed by atoms with van der Waals surface area (Å²) in [5.41, 5.74) is 2.55. The minimum absolute atomic E-state index is 0.152. The Hall–Kier alpha value is -2.23. The van der Waals surface area contributed by atoms with Gasteiger partial charge in [-0.05, 0) is 56.5 Å². The van der Waals surface area contributed by atoms with Gasteiger partial charge >= 0.3 is 0 Å². The predicted octanol–water partition coefficient (Wildman–Crippen LogP) is 3.30. The highest BCUT2D eigenvalue weighted by Crippen LogP contribution is 2.32. The first-order valence-corrected chi connectivity index (χ1v) is 12.0. The van der Waals surface area contributed by atoms with Crippen molar-refractivity contribution >= 4 is 15.7 Å². The lowest BCUT2D eigenvalue weighted by molar-refractivity contribution is 0.0128. The van der Waals surface area contributed by atoms with Gasteiger partial charge in [0.2, 0.25) is 5.88 Å². The van der Waals surface area contributed by atoms with Gasteiger partial charge in [-0.25, -0.2) is 17.8 Å². The van der Waals surface area contributed by atoms with E-state index in [2.05, 4.69) is 14.6 Å². The SMILES string of the molecule is COc1nc2c(cc1NS(=O)(=O)c1ccc([C@H]3CCCCO3)c(F)c1)CCN(C)CC2. The summed E-state index contributed by atoms with van der Waals surface area (Å²) in [5, 5.41) is 0. The molecule has 4 rings (SSSR count). The van der Waals surface area contributed by atoms with Crippen LogP contribution in [-0.4, -0.2) is 52.2 Å². The van der Waals surface area contributed by atoms with Gasteiger partial charge in [0.25, 0.3) is 10.0 Å². The van der Waals surface area contributed by atoms with Crippen LogP contribution in [-0.2, 0) is 27.6 Å². The Morgan fingerprint density at radius 2 is 2.03 bits per heavy atom. The molecular formula is C22H28FN3O4S. The second-order valence-electron chi connectivity index (χ2n) is 8.10. The van der Waals surface area contributed by atoms with Crippen LogP contribution < -0.4 is 9.46 Å². The van der Waals surface area contributed by atoms with Gasteiger partial charge in [0.1, 0.15) is 11.5 Å². The van der Waals surface area contributed by atoms with Gasteiger partial charge in [-0.15, -0.1) is 0 Å². The highest BCUT2D eigenvalue weighted by Gasteiger charge is 2.24. The Bertz CT molecular complexity index is 1050. The highest BCUT2D eigenvalue weighted by atomic mass is 32.2. The van der Waals surface area contributed by atoms with E-state index in [9.17, 15) is 12.8 Å². The van der Waals surface area contributed by atoms with Crippen LogP contribution in [0.1, 0.15) is 42.2 Å². The fraction of sp³-hybridized carbons (Fsp3) is 0.500. The molecule has 0 saturated carbocycles. The predicted molar refractivity (Wildman–Crippen MR) is 115 cm³/mol. The molecule has 2 aliphatic rings. The lowest BCUT2D eigenvalue weighted by Crippen LogP contribution is -2.20. The quantitative estimate of drug-likeness (QED) is 0.755. The van der Waals surface area contributed by atoms with Crippen molar-refractivity contribution in [3.05, 3.63) is 46.9 Å². The Morgan fingerprint density at radius 3 is 2.74 bits per heavy atom. The van der Waals surface area contributed by atoms with Crippen molar-refractivity contribution in [2.45, 2.75) is 43.1 Å². The van der Waals surface area contributed by atoms with Crippen molar-refractivity contribution in [2.75, 3.05) is 38.6 Å². The van der Waals surface area contributed by atoms with Gasteiger partial charge < -0.3 is 14.4 Å². The summed E-state index contributed by atoms with van der Waals surface area (Å²) in [6, 6.07) is 5.74. The number of anilines is 1. The standard InChI is InChI=1S/C22H28FN3O4S/c1-26-10-8-15-13-20(22(29-2)24-19(15)9-11-26)25-31(27,28)16-6-7-17(18(23)14-16)21-5-3-4-12-30-21/h6-7,13-14,21,25H,3-5,8-12H2,1-2H3/t21-/m1/s1. The zero-order valence-electron chi connectivity index (χ0n) is 17.9. The molecule has 0 bridgehead atoms. The van der Waals surface area contributed by atoms with Crippen LogP contribution >= 0.6 is 0 Å². The minimum Gasteiger partial charge on any atom is -0.479 e. The maximum absolute atomic E-state index is 14.7. The van der Waals surface area contributed by atoms with Crippen LogP contribution in [0.25, 0.3) is 0 Å². The van der Waals surface area contributed by atoms with Crippen molar-refractivity contribution in [2.24, 2.45) is 0 Å². The van der Waals surface area contributed by atoms with E-state index < -0.39 is 15.8 Å². The Morgan fingerprint density at radius 1 is 1.23 bits per heavy atom. The summed E-state index contributed by atoms with van der Waals surface area (Å²) in [6.07, 6.45) is 3.86. The number of aromatic nitrogens is 1. The van der Waals surface area contributed by atoms with Gasteiger partial charge in [0.05, 0.1) is 18.1 Å². The van der Waals surface area contributed by atoms with Crippen molar-refractivity contribution in [3.8, 4) is 5.88 Å². The van der Waals surface area contributed by atoms with Crippen LogP contribution in [0.4, 0.5) is 10.1 Å². The highest BCUT2D eigenvalue weighted by molar-refractivity contribution is 7.92. The fourth-order valence-electron chi connectivity index (χ4n) is 4.08. The van der Waals surface area contributed by atoms with E-state index in [1.165, 1.54) is 19.2 Å². The molecular weight excluding hydrogens is 421 g/mol. The van der Waals surface area contributed by atoms with Crippen LogP contribution in [0.5, 0.6) is 5.88 Å². The van der Waals surface area contributed by atoms with Gasteiger partial charge in [0, 0.05) is 37.4 Å². The van der Waals surface area contributed by atoms with Crippen molar-refractivity contribution in [1.29, 1.82) is 0 Å². The number of hydrogen-bond acceptors (Lipinski definition) is 6. The van der Waals surface area contributed by atoms with Gasteiger partial charge in [0.15, 0.2) is 0 Å². The largest absolute Gasteiger partial charge is 0.479 e. The number of nitrogens with zero attached hydrogens (tertiary/aromatic N) is 2. The van der Waals surface area contributed by atoms with Crippen LogP contribution in [0.2, 0.25) is 0 Å². The second-order valence-corrected chi connectivity index (χ2v) is 9.78. The number of hydrogen-bond donors (Lipinski definition) is 1. The average molecular weight is 450 g/mol. The molecule has 168 valence electrons. The first kappa shape index (κ1) is 22.0. The van der Waals surface area contributed by atoms with E-state index in [4.69, 9.17) is 9.47 Å². The number of sulfonamides is 1. The number of halogens is 1. The normalized spacial score (nSPS) is 20.0. The fourth-order valence-corrected chi connectivity index (χ4v) is 5.14. The Kier molecular flexibility index (Phi) is 6.45.